The molecule has 0 saturated heterocycles. The lowest BCUT2D eigenvalue weighted by Gasteiger charge is -2.24. The summed E-state index contributed by atoms with van der Waals surface area (Å²) in [5, 5.41) is 9.02. The third kappa shape index (κ3) is 3.35. The molecule has 2 rings (SSSR count). The largest absolute Gasteiger partial charge is 0.481 e. The molecule has 19 heavy (non-hydrogen) atoms. The zero-order valence-electron chi connectivity index (χ0n) is 11.8. The molecule has 0 heterocycles. The number of methoxy groups -OCH3 is 1. The molecular formula is C16H22O3. The van der Waals surface area contributed by atoms with Gasteiger partial charge in [-0.05, 0) is 49.7 Å². The van der Waals surface area contributed by atoms with Crippen molar-refractivity contribution >= 4 is 5.97 Å². The Bertz CT molecular complexity index is 444. The fourth-order valence-electron chi connectivity index (χ4n) is 2.49. The lowest BCUT2D eigenvalue weighted by atomic mass is 9.88. The standard InChI is InChI=1S/C16H22O3/c1-16(2,19-3)13-8-6-12(7-9-13)14(10-15(17)18)11-4-5-11/h6-9,11,14H,4-5,10H2,1-3H3,(H,17,18). The number of aliphatic carboxylic acids is 1. The summed E-state index contributed by atoms with van der Waals surface area (Å²) < 4.78 is 5.45. The van der Waals surface area contributed by atoms with Crippen molar-refractivity contribution in [3.8, 4) is 0 Å². The third-order valence-corrected chi connectivity index (χ3v) is 4.13. The van der Waals surface area contributed by atoms with Crippen LogP contribution < -0.4 is 0 Å². The number of carbonyl (C=O) groups is 1. The minimum atomic E-state index is -0.710. The number of hydrogen-bond acceptors (Lipinski definition) is 2. The van der Waals surface area contributed by atoms with Crippen LogP contribution in [0.5, 0.6) is 0 Å². The molecule has 1 N–H and O–H groups in total. The van der Waals surface area contributed by atoms with Gasteiger partial charge in [-0.2, -0.15) is 0 Å². The van der Waals surface area contributed by atoms with Gasteiger partial charge in [-0.3, -0.25) is 4.79 Å². The minimum absolute atomic E-state index is 0.164. The van der Waals surface area contributed by atoms with Gasteiger partial charge in [0.2, 0.25) is 0 Å². The Kier molecular flexibility index (Phi) is 3.95. The van der Waals surface area contributed by atoms with Gasteiger partial charge in [0.1, 0.15) is 0 Å². The van der Waals surface area contributed by atoms with Gasteiger partial charge in [-0.25, -0.2) is 0 Å². The van der Waals surface area contributed by atoms with E-state index < -0.39 is 5.97 Å². The van der Waals surface area contributed by atoms with E-state index in [1.165, 1.54) is 0 Å². The molecule has 0 aliphatic heterocycles. The molecule has 1 aromatic carbocycles. The second kappa shape index (κ2) is 5.33. The summed E-state index contributed by atoms with van der Waals surface area (Å²) in [7, 11) is 1.70. The van der Waals surface area contributed by atoms with E-state index in [0.717, 1.165) is 24.0 Å². The second-order valence-corrected chi connectivity index (χ2v) is 5.88. The first-order valence-electron chi connectivity index (χ1n) is 6.81. The highest BCUT2D eigenvalue weighted by Crippen LogP contribution is 2.44. The Morgan fingerprint density at radius 1 is 1.37 bits per heavy atom. The number of hydrogen-bond donors (Lipinski definition) is 1. The Morgan fingerprint density at radius 2 is 1.95 bits per heavy atom. The van der Waals surface area contributed by atoms with Crippen LogP contribution in [0.25, 0.3) is 0 Å². The van der Waals surface area contributed by atoms with Crippen molar-refractivity contribution in [2.24, 2.45) is 5.92 Å². The number of carboxylic acids is 1. The van der Waals surface area contributed by atoms with E-state index in [2.05, 4.69) is 24.3 Å². The molecule has 3 heteroatoms. The van der Waals surface area contributed by atoms with Crippen LogP contribution in [0, 0.1) is 5.92 Å². The van der Waals surface area contributed by atoms with Crippen molar-refractivity contribution in [3.63, 3.8) is 0 Å². The Balaban J connectivity index is 2.18. The van der Waals surface area contributed by atoms with Crippen molar-refractivity contribution < 1.29 is 14.6 Å². The smallest absolute Gasteiger partial charge is 0.303 e. The number of benzene rings is 1. The zero-order valence-corrected chi connectivity index (χ0v) is 11.8. The molecule has 0 bridgehead atoms. The summed E-state index contributed by atoms with van der Waals surface area (Å²) in [6.07, 6.45) is 2.55. The van der Waals surface area contributed by atoms with Crippen molar-refractivity contribution in [2.75, 3.05) is 7.11 Å². The maximum atomic E-state index is 11.0. The maximum Gasteiger partial charge on any atom is 0.303 e. The van der Waals surface area contributed by atoms with Crippen LogP contribution in [0.4, 0.5) is 0 Å². The summed E-state index contributed by atoms with van der Waals surface area (Å²) in [6.45, 7) is 4.05. The van der Waals surface area contributed by atoms with E-state index in [1.807, 2.05) is 13.8 Å². The first kappa shape index (κ1) is 14.1. The highest BCUT2D eigenvalue weighted by Gasteiger charge is 2.33. The summed E-state index contributed by atoms with van der Waals surface area (Å²) in [4.78, 5) is 11.0. The van der Waals surface area contributed by atoms with Gasteiger partial charge >= 0.3 is 5.97 Å². The molecule has 1 fully saturated rings. The quantitative estimate of drug-likeness (QED) is 0.853. The fraction of sp³-hybridized carbons (Fsp3) is 0.562. The molecule has 0 amide bonds. The molecule has 104 valence electrons. The normalized spacial score (nSPS) is 17.2. The molecule has 0 spiro atoms. The zero-order chi connectivity index (χ0) is 14.0. The topological polar surface area (TPSA) is 46.5 Å². The van der Waals surface area contributed by atoms with Gasteiger partial charge < -0.3 is 9.84 Å². The highest BCUT2D eigenvalue weighted by atomic mass is 16.5. The summed E-state index contributed by atoms with van der Waals surface area (Å²) in [5.41, 5.74) is 1.95. The van der Waals surface area contributed by atoms with Gasteiger partial charge in [-0.1, -0.05) is 24.3 Å². The first-order valence-corrected chi connectivity index (χ1v) is 6.81. The molecular weight excluding hydrogens is 240 g/mol. The van der Waals surface area contributed by atoms with E-state index in [1.54, 1.807) is 7.11 Å². The van der Waals surface area contributed by atoms with E-state index >= 15 is 0 Å². The molecule has 1 unspecified atom stereocenters. The monoisotopic (exact) mass is 262 g/mol. The van der Waals surface area contributed by atoms with Crippen molar-refractivity contribution in [1.29, 1.82) is 0 Å². The summed E-state index contributed by atoms with van der Waals surface area (Å²) in [5.74, 6) is 0.00721. The van der Waals surface area contributed by atoms with E-state index in [4.69, 9.17) is 9.84 Å². The predicted octanol–water partition coefficient (Wildman–Crippen LogP) is 3.54. The Morgan fingerprint density at radius 3 is 2.37 bits per heavy atom. The SMILES string of the molecule is COC(C)(C)c1ccc(C(CC(=O)O)C2CC2)cc1. The minimum Gasteiger partial charge on any atom is -0.481 e. The van der Waals surface area contributed by atoms with Crippen molar-refractivity contribution in [3.05, 3.63) is 35.4 Å². The van der Waals surface area contributed by atoms with Gasteiger partial charge in [-0.15, -0.1) is 0 Å². The molecule has 1 aliphatic rings. The van der Waals surface area contributed by atoms with E-state index in [-0.39, 0.29) is 17.9 Å². The molecule has 1 aliphatic carbocycles. The number of carboxylic acid groups (broad SMARTS) is 1. The summed E-state index contributed by atoms with van der Waals surface area (Å²) in [6, 6.07) is 8.22. The van der Waals surface area contributed by atoms with Gasteiger partial charge in [0.05, 0.1) is 12.0 Å². The van der Waals surface area contributed by atoms with Crippen LogP contribution in [-0.2, 0) is 15.1 Å². The fourth-order valence-corrected chi connectivity index (χ4v) is 2.49. The lowest BCUT2D eigenvalue weighted by Crippen LogP contribution is -2.19. The van der Waals surface area contributed by atoms with E-state index in [9.17, 15) is 4.79 Å². The van der Waals surface area contributed by atoms with Crippen molar-refractivity contribution in [2.45, 2.75) is 44.6 Å². The molecule has 0 radical (unpaired) electrons. The van der Waals surface area contributed by atoms with Crippen LogP contribution in [0.15, 0.2) is 24.3 Å². The van der Waals surface area contributed by atoms with Crippen LogP contribution in [0.2, 0.25) is 0 Å². The molecule has 1 atom stereocenters. The van der Waals surface area contributed by atoms with Crippen LogP contribution in [0.1, 0.15) is 50.2 Å². The van der Waals surface area contributed by atoms with Gasteiger partial charge in [0.25, 0.3) is 0 Å². The molecule has 1 aromatic rings. The lowest BCUT2D eigenvalue weighted by molar-refractivity contribution is -0.137. The van der Waals surface area contributed by atoms with Crippen LogP contribution in [-0.4, -0.2) is 18.2 Å². The maximum absolute atomic E-state index is 11.0. The second-order valence-electron chi connectivity index (χ2n) is 5.88. The molecule has 1 saturated carbocycles. The molecule has 3 nitrogen and oxygen atoms in total. The van der Waals surface area contributed by atoms with Gasteiger partial charge in [0, 0.05) is 7.11 Å². The average molecular weight is 262 g/mol. The number of ether oxygens (including phenoxy) is 1. The third-order valence-electron chi connectivity index (χ3n) is 4.13. The van der Waals surface area contributed by atoms with E-state index in [0.29, 0.717) is 5.92 Å². The first-order chi connectivity index (χ1) is 8.94. The summed E-state index contributed by atoms with van der Waals surface area (Å²) >= 11 is 0. The highest BCUT2D eigenvalue weighted by molar-refractivity contribution is 5.68. The molecule has 0 aromatic heterocycles. The predicted molar refractivity (Wildman–Crippen MR) is 74.2 cm³/mol. The van der Waals surface area contributed by atoms with Crippen molar-refractivity contribution in [1.82, 2.24) is 0 Å². The number of rotatable bonds is 6. The van der Waals surface area contributed by atoms with Gasteiger partial charge in [0.15, 0.2) is 0 Å². The van der Waals surface area contributed by atoms with Crippen LogP contribution >= 0.6 is 0 Å². The average Bonchev–Trinajstić information content (AvgIpc) is 3.20. The Labute approximate surface area is 114 Å². The Hall–Kier alpha value is -1.35. The van der Waals surface area contributed by atoms with Crippen LogP contribution in [0.3, 0.4) is 0 Å².